The minimum atomic E-state index is 0.175. The van der Waals surface area contributed by atoms with Crippen molar-refractivity contribution in [3.05, 3.63) is 34.5 Å². The van der Waals surface area contributed by atoms with E-state index in [1.807, 2.05) is 12.1 Å². The van der Waals surface area contributed by atoms with Gasteiger partial charge in [0.25, 0.3) is 0 Å². The minimum Gasteiger partial charge on any atom is -0.356 e. The van der Waals surface area contributed by atoms with E-state index in [1.165, 1.54) is 35.9 Å². The second-order valence-electron chi connectivity index (χ2n) is 7.25. The lowest BCUT2D eigenvalue weighted by Gasteiger charge is -2.38. The van der Waals surface area contributed by atoms with E-state index in [4.69, 9.17) is 11.6 Å². The van der Waals surface area contributed by atoms with Crippen LogP contribution in [0.1, 0.15) is 62.7 Å². The van der Waals surface area contributed by atoms with E-state index in [1.54, 1.807) is 0 Å². The fourth-order valence-corrected chi connectivity index (χ4v) is 4.79. The summed E-state index contributed by atoms with van der Waals surface area (Å²) in [5.74, 6) is 0.622. The lowest BCUT2D eigenvalue weighted by atomic mass is 9.86. The maximum absolute atomic E-state index is 13.1. The number of hydrogen-bond acceptors (Lipinski definition) is 1. The van der Waals surface area contributed by atoms with E-state index >= 15 is 0 Å². The average Bonchev–Trinajstić information content (AvgIpc) is 2.98. The van der Waals surface area contributed by atoms with Crippen molar-refractivity contribution in [3.63, 3.8) is 0 Å². The third-order valence-electron chi connectivity index (χ3n) is 5.84. The van der Waals surface area contributed by atoms with Gasteiger partial charge in [0.2, 0.25) is 5.91 Å². The van der Waals surface area contributed by atoms with E-state index in [-0.39, 0.29) is 12.0 Å². The third-order valence-corrected chi connectivity index (χ3v) is 6.07. The number of halogens is 1. The zero-order chi connectivity index (χ0) is 16.7. The number of aromatic amines is 1. The molecule has 2 aliphatic rings. The average molecular weight is 345 g/mol. The Morgan fingerprint density at radius 3 is 2.83 bits per heavy atom. The predicted molar refractivity (Wildman–Crippen MR) is 98.3 cm³/mol. The number of carbonyl (C=O) groups is 1. The Kier molecular flexibility index (Phi) is 4.29. The van der Waals surface area contributed by atoms with Crippen molar-refractivity contribution >= 4 is 28.4 Å². The normalized spacial score (nSPS) is 21.9. The topological polar surface area (TPSA) is 36.1 Å². The molecule has 3 nitrogen and oxygen atoms in total. The molecule has 1 aromatic heterocycles. The lowest BCUT2D eigenvalue weighted by molar-refractivity contribution is -0.139. The predicted octanol–water partition coefficient (Wildman–Crippen LogP) is 5.24. The molecule has 1 saturated carbocycles. The first-order valence-electron chi connectivity index (χ1n) is 9.29. The number of nitrogens with one attached hydrogen (secondary N) is 1. The van der Waals surface area contributed by atoms with E-state index in [0.29, 0.717) is 5.91 Å². The summed E-state index contributed by atoms with van der Waals surface area (Å²) in [6.45, 7) is 3.02. The van der Waals surface area contributed by atoms with Crippen molar-refractivity contribution in [3.8, 4) is 0 Å². The van der Waals surface area contributed by atoms with Crippen molar-refractivity contribution in [2.45, 2.75) is 57.9 Å². The van der Waals surface area contributed by atoms with Gasteiger partial charge in [-0.25, -0.2) is 0 Å². The van der Waals surface area contributed by atoms with Gasteiger partial charge >= 0.3 is 0 Å². The molecule has 1 atom stereocenters. The van der Waals surface area contributed by atoms with Crippen LogP contribution in [0.3, 0.4) is 0 Å². The second kappa shape index (κ2) is 6.44. The van der Waals surface area contributed by atoms with Crippen molar-refractivity contribution < 1.29 is 4.79 Å². The highest BCUT2D eigenvalue weighted by atomic mass is 35.5. The zero-order valence-corrected chi connectivity index (χ0v) is 15.0. The van der Waals surface area contributed by atoms with Crippen molar-refractivity contribution in [2.24, 2.45) is 5.92 Å². The molecule has 128 valence electrons. The quantitative estimate of drug-likeness (QED) is 0.794. The summed E-state index contributed by atoms with van der Waals surface area (Å²) in [4.78, 5) is 18.8. The number of H-pyrrole nitrogens is 1. The number of aromatic nitrogens is 1. The van der Waals surface area contributed by atoms with Crippen LogP contribution in [-0.2, 0) is 11.2 Å². The Balaban J connectivity index is 1.68. The minimum absolute atomic E-state index is 0.175. The Hall–Kier alpha value is -1.48. The maximum Gasteiger partial charge on any atom is 0.226 e. The molecule has 1 amide bonds. The number of benzene rings is 1. The van der Waals surface area contributed by atoms with Gasteiger partial charge in [-0.3, -0.25) is 4.79 Å². The molecule has 1 aliphatic carbocycles. The van der Waals surface area contributed by atoms with Gasteiger partial charge in [-0.05, 0) is 43.4 Å². The zero-order valence-electron chi connectivity index (χ0n) is 14.3. The molecule has 2 heterocycles. The van der Waals surface area contributed by atoms with Gasteiger partial charge in [0.1, 0.15) is 0 Å². The van der Waals surface area contributed by atoms with Gasteiger partial charge in [0.15, 0.2) is 0 Å². The molecular weight excluding hydrogens is 320 g/mol. The molecule has 1 fully saturated rings. The number of rotatable bonds is 2. The van der Waals surface area contributed by atoms with Crippen molar-refractivity contribution in [1.82, 2.24) is 9.88 Å². The van der Waals surface area contributed by atoms with Crippen LogP contribution in [0.2, 0.25) is 5.02 Å². The first-order valence-corrected chi connectivity index (χ1v) is 9.67. The molecule has 1 N–H and O–H groups in total. The van der Waals surface area contributed by atoms with Gasteiger partial charge in [0.05, 0.1) is 6.04 Å². The maximum atomic E-state index is 13.1. The second-order valence-corrected chi connectivity index (χ2v) is 7.68. The highest BCUT2D eigenvalue weighted by Gasteiger charge is 2.35. The molecule has 0 radical (unpaired) electrons. The number of fused-ring (bicyclic) bond motifs is 3. The largest absolute Gasteiger partial charge is 0.356 e. The van der Waals surface area contributed by atoms with Crippen molar-refractivity contribution in [2.75, 3.05) is 6.54 Å². The van der Waals surface area contributed by atoms with Crippen LogP contribution >= 0.6 is 11.6 Å². The molecule has 2 aromatic rings. The van der Waals surface area contributed by atoms with Gasteiger partial charge in [-0.1, -0.05) is 43.9 Å². The summed E-state index contributed by atoms with van der Waals surface area (Å²) in [6, 6.07) is 6.24. The highest BCUT2D eigenvalue weighted by molar-refractivity contribution is 6.31. The lowest BCUT2D eigenvalue weighted by Crippen LogP contribution is -2.43. The van der Waals surface area contributed by atoms with E-state index in [9.17, 15) is 4.79 Å². The first-order chi connectivity index (χ1) is 11.7. The Bertz CT molecular complexity index is 760. The molecule has 1 aliphatic heterocycles. The van der Waals surface area contributed by atoms with Crippen LogP contribution in [-0.4, -0.2) is 22.3 Å². The summed E-state index contributed by atoms with van der Waals surface area (Å²) in [5.41, 5.74) is 3.70. The summed E-state index contributed by atoms with van der Waals surface area (Å²) in [6.07, 6.45) is 7.72. The highest BCUT2D eigenvalue weighted by Crippen LogP contribution is 2.38. The Labute approximate surface area is 148 Å². The molecule has 1 aromatic carbocycles. The smallest absolute Gasteiger partial charge is 0.226 e. The first kappa shape index (κ1) is 16.0. The van der Waals surface area contributed by atoms with Crippen LogP contribution in [0.5, 0.6) is 0 Å². The summed E-state index contributed by atoms with van der Waals surface area (Å²) in [7, 11) is 0. The standard InChI is InChI=1S/C20H25ClN2O/c1-2-18-19-16(15-9-8-14(21)12-17(15)22-19)10-11-23(18)20(24)13-6-4-3-5-7-13/h8-9,12-13,18,22H,2-7,10-11H2,1H3. The van der Waals surface area contributed by atoms with Gasteiger partial charge < -0.3 is 9.88 Å². The number of amides is 1. The molecule has 24 heavy (non-hydrogen) atoms. The fourth-order valence-electron chi connectivity index (χ4n) is 4.62. The summed E-state index contributed by atoms with van der Waals surface area (Å²) in [5, 5.41) is 2.02. The van der Waals surface area contributed by atoms with Gasteiger partial charge in [0, 0.05) is 34.1 Å². The van der Waals surface area contributed by atoms with Crippen LogP contribution in [0, 0.1) is 5.92 Å². The van der Waals surface area contributed by atoms with Gasteiger partial charge in [-0.2, -0.15) is 0 Å². The molecule has 0 bridgehead atoms. The molecule has 0 saturated heterocycles. The molecule has 4 rings (SSSR count). The SMILES string of the molecule is CCC1c2[nH]c3cc(Cl)ccc3c2CCN1C(=O)C1CCCCC1. The Morgan fingerprint density at radius 2 is 2.08 bits per heavy atom. The number of nitrogens with zero attached hydrogens (tertiary/aromatic N) is 1. The molecule has 0 spiro atoms. The van der Waals surface area contributed by atoms with E-state index in [0.717, 1.165) is 42.8 Å². The van der Waals surface area contributed by atoms with E-state index in [2.05, 4.69) is 22.9 Å². The van der Waals surface area contributed by atoms with Crippen LogP contribution in [0.15, 0.2) is 18.2 Å². The van der Waals surface area contributed by atoms with Gasteiger partial charge in [-0.15, -0.1) is 0 Å². The number of hydrogen-bond donors (Lipinski definition) is 1. The van der Waals surface area contributed by atoms with Crippen molar-refractivity contribution in [1.29, 1.82) is 0 Å². The Morgan fingerprint density at radius 1 is 1.29 bits per heavy atom. The number of carbonyl (C=O) groups excluding carboxylic acids is 1. The molecular formula is C20H25ClN2O. The monoisotopic (exact) mass is 344 g/mol. The van der Waals surface area contributed by atoms with Crippen LogP contribution in [0.4, 0.5) is 0 Å². The molecule has 1 unspecified atom stereocenters. The summed E-state index contributed by atoms with van der Waals surface area (Å²) >= 11 is 6.15. The molecule has 4 heteroatoms. The summed E-state index contributed by atoms with van der Waals surface area (Å²) < 4.78 is 0. The van der Waals surface area contributed by atoms with Crippen LogP contribution in [0.25, 0.3) is 10.9 Å². The fraction of sp³-hybridized carbons (Fsp3) is 0.550. The third kappa shape index (κ3) is 2.63. The van der Waals surface area contributed by atoms with E-state index < -0.39 is 0 Å². The van der Waals surface area contributed by atoms with Crippen LogP contribution < -0.4 is 0 Å².